The zero-order chi connectivity index (χ0) is 16.4. The fourth-order valence-electron chi connectivity index (χ4n) is 2.41. The van der Waals surface area contributed by atoms with Gasteiger partial charge in [0.2, 0.25) is 0 Å². The lowest BCUT2D eigenvalue weighted by molar-refractivity contribution is 0.0929. The Morgan fingerprint density at radius 2 is 1.81 bits per heavy atom. The van der Waals surface area contributed by atoms with Gasteiger partial charge in [0.05, 0.1) is 5.69 Å². The summed E-state index contributed by atoms with van der Waals surface area (Å²) in [5.74, 6) is 0.569. The van der Waals surface area contributed by atoms with Crippen molar-refractivity contribution in [2.24, 2.45) is 17.8 Å². The number of halogens is 1. The van der Waals surface area contributed by atoms with Crippen LogP contribution in [0.1, 0.15) is 43.9 Å². The number of carbonyl (C=O) groups excluding carboxylic acids is 1. The van der Waals surface area contributed by atoms with Crippen molar-refractivity contribution in [3.63, 3.8) is 0 Å². The first-order chi connectivity index (χ1) is 9.55. The molecule has 0 radical (unpaired) electrons. The first kappa shape index (κ1) is 18.0. The molecule has 1 heterocycles. The molecule has 0 aliphatic carbocycles. The standard InChI is InChI=1S/C13H22ClN3O3S/c1-7(2)10(8(3)4)6-15-13(18)11-12(21(14,19)20)9(5)16-17-11/h7-8,10H,6H2,1-5H3,(H,15,18)(H,16,17). The maximum atomic E-state index is 12.2. The molecule has 1 rings (SSSR count). The van der Waals surface area contributed by atoms with Crippen molar-refractivity contribution in [2.45, 2.75) is 39.5 Å². The molecule has 1 aromatic heterocycles. The smallest absolute Gasteiger partial charge is 0.273 e. The van der Waals surface area contributed by atoms with E-state index in [2.05, 4.69) is 43.2 Å². The van der Waals surface area contributed by atoms with Crippen molar-refractivity contribution in [3.8, 4) is 0 Å². The normalized spacial score (nSPS) is 12.4. The van der Waals surface area contributed by atoms with Crippen LogP contribution in [-0.2, 0) is 9.05 Å². The number of rotatable bonds is 6. The summed E-state index contributed by atoms with van der Waals surface area (Å²) in [6.07, 6.45) is 0. The van der Waals surface area contributed by atoms with Crippen LogP contribution in [0.25, 0.3) is 0 Å². The number of H-pyrrole nitrogens is 1. The Hall–Kier alpha value is -1.08. The number of carbonyl (C=O) groups is 1. The minimum Gasteiger partial charge on any atom is -0.350 e. The van der Waals surface area contributed by atoms with Crippen LogP contribution < -0.4 is 5.32 Å². The van der Waals surface area contributed by atoms with E-state index in [0.717, 1.165) is 0 Å². The van der Waals surface area contributed by atoms with Crippen LogP contribution >= 0.6 is 10.7 Å². The number of nitrogens with one attached hydrogen (secondary N) is 2. The van der Waals surface area contributed by atoms with E-state index >= 15 is 0 Å². The molecule has 0 saturated heterocycles. The Morgan fingerprint density at radius 3 is 2.24 bits per heavy atom. The predicted molar refractivity (Wildman–Crippen MR) is 81.9 cm³/mol. The Bertz CT molecular complexity index is 600. The quantitative estimate of drug-likeness (QED) is 0.780. The molecule has 6 nitrogen and oxygen atoms in total. The molecule has 1 aromatic rings. The molecule has 0 spiro atoms. The molecule has 0 unspecified atom stereocenters. The Balaban J connectivity index is 2.92. The molecule has 8 heteroatoms. The van der Waals surface area contributed by atoms with Crippen LogP contribution in [0.2, 0.25) is 0 Å². The van der Waals surface area contributed by atoms with E-state index in [1.807, 2.05) is 0 Å². The van der Waals surface area contributed by atoms with Crippen LogP contribution in [0, 0.1) is 24.7 Å². The van der Waals surface area contributed by atoms with Gasteiger partial charge in [-0.1, -0.05) is 27.7 Å². The summed E-state index contributed by atoms with van der Waals surface area (Å²) in [4.78, 5) is 11.9. The highest BCUT2D eigenvalue weighted by Crippen LogP contribution is 2.23. The van der Waals surface area contributed by atoms with E-state index in [0.29, 0.717) is 24.3 Å². The highest BCUT2D eigenvalue weighted by Gasteiger charge is 2.27. The SMILES string of the molecule is Cc1[nH]nc(C(=O)NCC(C(C)C)C(C)C)c1S(=O)(=O)Cl. The molecular weight excluding hydrogens is 314 g/mol. The average Bonchev–Trinajstić information content (AvgIpc) is 2.69. The fraction of sp³-hybridized carbons (Fsp3) is 0.692. The average molecular weight is 336 g/mol. The molecule has 1 amide bonds. The topological polar surface area (TPSA) is 91.9 Å². The van der Waals surface area contributed by atoms with Gasteiger partial charge in [-0.2, -0.15) is 5.10 Å². The van der Waals surface area contributed by atoms with E-state index in [-0.39, 0.29) is 16.3 Å². The number of aromatic nitrogens is 2. The molecular formula is C13H22ClN3O3S. The second kappa shape index (κ2) is 6.79. The number of hydrogen-bond acceptors (Lipinski definition) is 4. The minimum absolute atomic E-state index is 0.186. The van der Waals surface area contributed by atoms with Crippen molar-refractivity contribution in [1.29, 1.82) is 0 Å². The summed E-state index contributed by atoms with van der Waals surface area (Å²) in [7, 11) is 1.33. The van der Waals surface area contributed by atoms with Gasteiger partial charge in [0.1, 0.15) is 4.90 Å². The highest BCUT2D eigenvalue weighted by molar-refractivity contribution is 8.13. The van der Waals surface area contributed by atoms with Crippen molar-refractivity contribution in [3.05, 3.63) is 11.4 Å². The van der Waals surface area contributed by atoms with Crippen LogP contribution in [0.5, 0.6) is 0 Å². The Morgan fingerprint density at radius 1 is 1.29 bits per heavy atom. The summed E-state index contributed by atoms with van der Waals surface area (Å²) < 4.78 is 23.0. The zero-order valence-electron chi connectivity index (χ0n) is 12.9. The van der Waals surface area contributed by atoms with Crippen molar-refractivity contribution in [2.75, 3.05) is 6.54 Å². The monoisotopic (exact) mass is 335 g/mol. The van der Waals surface area contributed by atoms with Crippen LogP contribution in [0.3, 0.4) is 0 Å². The molecule has 120 valence electrons. The Labute approximate surface area is 130 Å². The Kier molecular flexibility index (Phi) is 5.81. The third-order valence-corrected chi connectivity index (χ3v) is 5.01. The van der Waals surface area contributed by atoms with Gasteiger partial charge in [-0.3, -0.25) is 9.89 Å². The van der Waals surface area contributed by atoms with Crippen LogP contribution in [0.15, 0.2) is 4.90 Å². The lowest BCUT2D eigenvalue weighted by Crippen LogP contribution is -2.34. The zero-order valence-corrected chi connectivity index (χ0v) is 14.5. The van der Waals surface area contributed by atoms with Gasteiger partial charge in [0.15, 0.2) is 5.69 Å². The minimum atomic E-state index is -4.02. The number of nitrogens with zero attached hydrogens (tertiary/aromatic N) is 1. The van der Waals surface area contributed by atoms with E-state index in [1.165, 1.54) is 6.92 Å². The molecule has 0 bridgehead atoms. The van der Waals surface area contributed by atoms with E-state index < -0.39 is 15.0 Å². The third kappa shape index (κ3) is 4.44. The van der Waals surface area contributed by atoms with Gasteiger partial charge < -0.3 is 5.32 Å². The van der Waals surface area contributed by atoms with Crippen LogP contribution in [0.4, 0.5) is 0 Å². The fourth-order valence-corrected chi connectivity index (χ4v) is 3.75. The van der Waals surface area contributed by atoms with E-state index in [1.54, 1.807) is 0 Å². The summed E-state index contributed by atoms with van der Waals surface area (Å²) in [5, 5.41) is 8.98. The van der Waals surface area contributed by atoms with Gasteiger partial charge in [-0.25, -0.2) is 8.42 Å². The van der Waals surface area contributed by atoms with E-state index in [9.17, 15) is 13.2 Å². The summed E-state index contributed by atoms with van der Waals surface area (Å²) in [6, 6.07) is 0. The maximum absolute atomic E-state index is 12.2. The lowest BCUT2D eigenvalue weighted by Gasteiger charge is -2.24. The summed E-state index contributed by atoms with van der Waals surface area (Å²) >= 11 is 0. The van der Waals surface area contributed by atoms with E-state index in [4.69, 9.17) is 10.7 Å². The van der Waals surface area contributed by atoms with Crippen molar-refractivity contribution < 1.29 is 13.2 Å². The number of aryl methyl sites for hydroxylation is 1. The molecule has 0 aliphatic heterocycles. The van der Waals surface area contributed by atoms with Crippen molar-refractivity contribution in [1.82, 2.24) is 15.5 Å². The molecule has 0 saturated carbocycles. The number of aromatic amines is 1. The van der Waals surface area contributed by atoms with Gasteiger partial charge >= 0.3 is 0 Å². The second-order valence-corrected chi connectivity index (χ2v) is 8.33. The van der Waals surface area contributed by atoms with Gasteiger partial charge in [-0.15, -0.1) is 0 Å². The van der Waals surface area contributed by atoms with Gasteiger partial charge in [-0.05, 0) is 24.7 Å². The third-order valence-electron chi connectivity index (χ3n) is 3.56. The first-order valence-electron chi connectivity index (χ1n) is 6.83. The molecule has 2 N–H and O–H groups in total. The first-order valence-corrected chi connectivity index (χ1v) is 9.14. The second-order valence-electron chi connectivity index (χ2n) is 5.83. The summed E-state index contributed by atoms with van der Waals surface area (Å²) in [6.45, 7) is 10.3. The maximum Gasteiger partial charge on any atom is 0.273 e. The molecule has 0 aliphatic rings. The number of amides is 1. The summed E-state index contributed by atoms with van der Waals surface area (Å²) in [5.41, 5.74) is 0.0631. The number of hydrogen-bond donors (Lipinski definition) is 2. The molecule has 21 heavy (non-hydrogen) atoms. The largest absolute Gasteiger partial charge is 0.350 e. The van der Waals surface area contributed by atoms with Gasteiger partial charge in [0.25, 0.3) is 15.0 Å². The molecule has 0 aromatic carbocycles. The molecule has 0 atom stereocenters. The highest BCUT2D eigenvalue weighted by atomic mass is 35.7. The van der Waals surface area contributed by atoms with Crippen LogP contribution in [-0.4, -0.2) is 31.1 Å². The predicted octanol–water partition coefficient (Wildman–Crippen LogP) is 2.30. The van der Waals surface area contributed by atoms with Gasteiger partial charge in [0, 0.05) is 17.2 Å². The lowest BCUT2D eigenvalue weighted by atomic mass is 9.85. The van der Waals surface area contributed by atoms with Crippen molar-refractivity contribution >= 4 is 25.6 Å². The molecule has 0 fully saturated rings.